The fourth-order valence-corrected chi connectivity index (χ4v) is 4.95. The van der Waals surface area contributed by atoms with Crippen molar-refractivity contribution in [1.82, 2.24) is 0 Å². The average molecular weight is 333 g/mol. The summed E-state index contributed by atoms with van der Waals surface area (Å²) in [7, 11) is -0.547. The molecule has 0 spiro atoms. The predicted octanol–water partition coefficient (Wildman–Crippen LogP) is 5.21. The van der Waals surface area contributed by atoms with Gasteiger partial charge in [0.05, 0.1) is 0 Å². The van der Waals surface area contributed by atoms with Gasteiger partial charge in [0.2, 0.25) is 0 Å². The van der Waals surface area contributed by atoms with Crippen LogP contribution in [0.25, 0.3) is 0 Å². The number of halogens is 1. The van der Waals surface area contributed by atoms with Crippen LogP contribution >= 0.6 is 19.5 Å². The van der Waals surface area contributed by atoms with Crippen molar-refractivity contribution in [3.8, 4) is 0 Å². The molecule has 3 heteroatoms. The van der Waals surface area contributed by atoms with E-state index in [0.29, 0.717) is 12.0 Å². The molecule has 0 radical (unpaired) electrons. The Morgan fingerprint density at radius 2 is 1.59 bits per heavy atom. The highest BCUT2D eigenvalue weighted by atomic mass is 35.5. The van der Waals surface area contributed by atoms with Crippen molar-refractivity contribution < 1.29 is 4.79 Å². The van der Waals surface area contributed by atoms with Crippen LogP contribution in [0.1, 0.15) is 36.7 Å². The number of carbonyl (C=O) groups is 1. The Bertz CT molecular complexity index is 614. The summed E-state index contributed by atoms with van der Waals surface area (Å²) in [6.45, 7) is 6.65. The summed E-state index contributed by atoms with van der Waals surface area (Å²) < 4.78 is 0. The van der Waals surface area contributed by atoms with E-state index in [2.05, 4.69) is 45.0 Å². The maximum atomic E-state index is 12.7. The highest BCUT2D eigenvalue weighted by Crippen LogP contribution is 2.48. The Balaban J connectivity index is 2.21. The van der Waals surface area contributed by atoms with Gasteiger partial charge in [-0.3, -0.25) is 4.79 Å². The second-order valence-electron chi connectivity index (χ2n) is 6.35. The van der Waals surface area contributed by atoms with Gasteiger partial charge in [-0.15, -0.1) is 11.6 Å². The third kappa shape index (κ3) is 4.41. The lowest BCUT2D eigenvalue weighted by Gasteiger charge is -2.31. The zero-order chi connectivity index (χ0) is 16.2. The summed E-state index contributed by atoms with van der Waals surface area (Å²) in [5, 5.41) is 1.39. The lowest BCUT2D eigenvalue weighted by molar-refractivity contribution is 0.102. The molecule has 0 saturated heterocycles. The SMILES string of the molecule is CC(C)(C)P(CC(=O)c1ccc(CCl)cc1)c1ccccc1. The van der Waals surface area contributed by atoms with Crippen LogP contribution in [-0.4, -0.2) is 17.1 Å². The van der Waals surface area contributed by atoms with Crippen LogP contribution in [0.5, 0.6) is 0 Å². The first-order chi connectivity index (χ1) is 10.4. The number of alkyl halides is 1. The quantitative estimate of drug-likeness (QED) is 0.417. The average Bonchev–Trinajstić information content (AvgIpc) is 2.52. The maximum absolute atomic E-state index is 12.7. The lowest BCUT2D eigenvalue weighted by Crippen LogP contribution is -2.24. The van der Waals surface area contributed by atoms with E-state index < -0.39 is 7.92 Å². The predicted molar refractivity (Wildman–Crippen MR) is 97.9 cm³/mol. The van der Waals surface area contributed by atoms with Crippen LogP contribution < -0.4 is 5.30 Å². The van der Waals surface area contributed by atoms with Crippen molar-refractivity contribution in [2.45, 2.75) is 31.8 Å². The Labute approximate surface area is 139 Å². The molecule has 22 heavy (non-hydrogen) atoms. The second-order valence-corrected chi connectivity index (χ2v) is 9.64. The molecular weight excluding hydrogens is 311 g/mol. The molecule has 1 atom stereocenters. The molecule has 0 aliphatic heterocycles. The van der Waals surface area contributed by atoms with Gasteiger partial charge in [0.25, 0.3) is 0 Å². The molecule has 2 aromatic rings. The number of rotatable bonds is 5. The van der Waals surface area contributed by atoms with E-state index in [9.17, 15) is 4.79 Å². The molecule has 0 heterocycles. The smallest absolute Gasteiger partial charge is 0.167 e. The largest absolute Gasteiger partial charge is 0.294 e. The van der Waals surface area contributed by atoms with Crippen LogP contribution in [0, 0.1) is 0 Å². The van der Waals surface area contributed by atoms with E-state index in [0.717, 1.165) is 11.1 Å². The minimum atomic E-state index is -0.547. The Morgan fingerprint density at radius 1 is 1.00 bits per heavy atom. The number of hydrogen-bond donors (Lipinski definition) is 0. The number of Topliss-reactive ketones (excluding diaryl/α,β-unsaturated/α-hetero) is 1. The van der Waals surface area contributed by atoms with Crippen LogP contribution in [0.2, 0.25) is 0 Å². The number of ketones is 1. The normalized spacial score (nSPS) is 12.9. The summed E-state index contributed by atoms with van der Waals surface area (Å²) in [6, 6.07) is 18.0. The van der Waals surface area contributed by atoms with Crippen molar-refractivity contribution in [3.05, 3.63) is 65.7 Å². The van der Waals surface area contributed by atoms with Crippen molar-refractivity contribution in [2.75, 3.05) is 6.16 Å². The summed E-state index contributed by atoms with van der Waals surface area (Å²) in [5.41, 5.74) is 1.82. The van der Waals surface area contributed by atoms with Gasteiger partial charge in [-0.1, -0.05) is 83.3 Å². The summed E-state index contributed by atoms with van der Waals surface area (Å²) in [6.07, 6.45) is 0.586. The third-order valence-corrected chi connectivity index (χ3v) is 7.06. The minimum Gasteiger partial charge on any atom is -0.294 e. The molecule has 2 rings (SSSR count). The molecule has 0 aliphatic carbocycles. The molecule has 0 saturated carbocycles. The fourth-order valence-electron chi connectivity index (χ4n) is 2.34. The first kappa shape index (κ1) is 17.2. The summed E-state index contributed by atoms with van der Waals surface area (Å²) >= 11 is 5.80. The highest BCUT2D eigenvalue weighted by Gasteiger charge is 2.28. The van der Waals surface area contributed by atoms with E-state index >= 15 is 0 Å². The van der Waals surface area contributed by atoms with Crippen molar-refractivity contribution in [1.29, 1.82) is 0 Å². The van der Waals surface area contributed by atoms with Crippen LogP contribution in [-0.2, 0) is 5.88 Å². The maximum Gasteiger partial charge on any atom is 0.167 e. The Morgan fingerprint density at radius 3 is 2.09 bits per heavy atom. The first-order valence-corrected chi connectivity index (χ1v) is 9.49. The molecule has 2 aromatic carbocycles. The van der Waals surface area contributed by atoms with E-state index in [1.54, 1.807) is 0 Å². The monoisotopic (exact) mass is 332 g/mol. The fraction of sp³-hybridized carbons (Fsp3) is 0.316. The van der Waals surface area contributed by atoms with Gasteiger partial charge in [0.15, 0.2) is 5.78 Å². The van der Waals surface area contributed by atoms with Crippen molar-refractivity contribution in [2.24, 2.45) is 0 Å². The van der Waals surface area contributed by atoms with Crippen molar-refractivity contribution >= 4 is 30.6 Å². The van der Waals surface area contributed by atoms with Crippen molar-refractivity contribution in [3.63, 3.8) is 0 Å². The molecule has 0 aromatic heterocycles. The van der Waals surface area contributed by atoms with E-state index in [-0.39, 0.29) is 10.9 Å². The molecule has 0 N–H and O–H groups in total. The highest BCUT2D eigenvalue weighted by molar-refractivity contribution is 7.68. The lowest BCUT2D eigenvalue weighted by atomic mass is 10.1. The zero-order valence-electron chi connectivity index (χ0n) is 13.3. The second kappa shape index (κ2) is 7.40. The van der Waals surface area contributed by atoms with Crippen LogP contribution in [0.3, 0.4) is 0 Å². The summed E-state index contributed by atoms with van der Waals surface area (Å²) in [5.74, 6) is 0.693. The number of benzene rings is 2. The zero-order valence-corrected chi connectivity index (χ0v) is 15.0. The molecular formula is C19H22ClOP. The first-order valence-electron chi connectivity index (χ1n) is 7.42. The molecule has 116 valence electrons. The molecule has 0 bridgehead atoms. The molecule has 0 amide bonds. The van der Waals surface area contributed by atoms with Gasteiger partial charge in [-0.2, -0.15) is 0 Å². The van der Waals surface area contributed by atoms with Gasteiger partial charge in [-0.05, 0) is 16.0 Å². The minimum absolute atomic E-state index is 0.0996. The number of carbonyl (C=O) groups excluding carboxylic acids is 1. The number of hydrogen-bond acceptors (Lipinski definition) is 1. The molecule has 0 fully saturated rings. The molecule has 1 unspecified atom stereocenters. The van der Waals surface area contributed by atoms with E-state index in [1.165, 1.54) is 5.30 Å². The molecule has 0 aliphatic rings. The molecule has 1 nitrogen and oxygen atoms in total. The van der Waals surface area contributed by atoms with Gasteiger partial charge in [0, 0.05) is 17.6 Å². The Hall–Kier alpha value is -1.17. The van der Waals surface area contributed by atoms with E-state index in [4.69, 9.17) is 11.6 Å². The van der Waals surface area contributed by atoms with Gasteiger partial charge in [0.1, 0.15) is 0 Å². The van der Waals surface area contributed by atoms with Crippen LogP contribution in [0.4, 0.5) is 0 Å². The van der Waals surface area contributed by atoms with E-state index in [1.807, 2.05) is 30.3 Å². The third-order valence-electron chi connectivity index (χ3n) is 3.61. The van der Waals surface area contributed by atoms with Gasteiger partial charge < -0.3 is 0 Å². The van der Waals surface area contributed by atoms with Crippen LogP contribution in [0.15, 0.2) is 54.6 Å². The topological polar surface area (TPSA) is 17.1 Å². The summed E-state index contributed by atoms with van der Waals surface area (Å²) in [4.78, 5) is 12.7. The van der Waals surface area contributed by atoms with Gasteiger partial charge in [-0.25, -0.2) is 0 Å². The standard InChI is InChI=1S/C19H22ClOP/c1-19(2,3)22(17-7-5-4-6-8-17)14-18(21)16-11-9-15(13-20)10-12-16/h4-12H,13-14H2,1-3H3. The van der Waals surface area contributed by atoms with Gasteiger partial charge >= 0.3 is 0 Å². The Kier molecular flexibility index (Phi) is 5.78.